The number of hydrogen-bond donors (Lipinski definition) is 0. The van der Waals surface area contributed by atoms with Crippen molar-refractivity contribution in [3.8, 4) is 11.5 Å². The molecule has 0 spiro atoms. The highest BCUT2D eigenvalue weighted by atomic mass is 16.7. The summed E-state index contributed by atoms with van der Waals surface area (Å²) in [6, 6.07) is 5.91. The minimum atomic E-state index is 0.339. The standard InChI is InChI=1S/C9H11NO2.C2H6/c1-10(2)7-3-4-8-9(5-7)12-6-11-8;1-2/h3-5H,6H2,1-2H3;1-2H3. The summed E-state index contributed by atoms with van der Waals surface area (Å²) in [5.74, 6) is 1.67. The Labute approximate surface area is 85.2 Å². The third-order valence-electron chi connectivity index (χ3n) is 1.87. The van der Waals surface area contributed by atoms with E-state index in [1.165, 1.54) is 0 Å². The minimum absolute atomic E-state index is 0.339. The number of anilines is 1. The molecule has 0 bridgehead atoms. The average Bonchev–Trinajstić information content (AvgIpc) is 2.67. The van der Waals surface area contributed by atoms with E-state index in [0.717, 1.165) is 17.2 Å². The molecule has 1 heterocycles. The molecule has 0 N–H and O–H groups in total. The van der Waals surface area contributed by atoms with Gasteiger partial charge in [0.25, 0.3) is 0 Å². The van der Waals surface area contributed by atoms with Crippen molar-refractivity contribution in [3.05, 3.63) is 18.2 Å². The van der Waals surface area contributed by atoms with Gasteiger partial charge in [0.1, 0.15) is 0 Å². The lowest BCUT2D eigenvalue weighted by Gasteiger charge is -2.12. The summed E-state index contributed by atoms with van der Waals surface area (Å²) in [6.07, 6.45) is 0. The Morgan fingerprint density at radius 2 is 1.71 bits per heavy atom. The fourth-order valence-electron chi connectivity index (χ4n) is 1.16. The van der Waals surface area contributed by atoms with E-state index < -0.39 is 0 Å². The van der Waals surface area contributed by atoms with Gasteiger partial charge in [-0.3, -0.25) is 0 Å². The van der Waals surface area contributed by atoms with Crippen molar-refractivity contribution in [3.63, 3.8) is 0 Å². The molecule has 0 fully saturated rings. The maximum Gasteiger partial charge on any atom is 0.231 e. The molecule has 14 heavy (non-hydrogen) atoms. The van der Waals surface area contributed by atoms with Gasteiger partial charge in [0.2, 0.25) is 6.79 Å². The second-order valence-electron chi connectivity index (χ2n) is 2.93. The molecule has 0 aliphatic carbocycles. The molecule has 1 aromatic carbocycles. The third kappa shape index (κ3) is 2.10. The predicted octanol–water partition coefficient (Wildman–Crippen LogP) is 2.51. The SMILES string of the molecule is CC.CN(C)c1ccc2c(c1)OCO2. The number of fused-ring (bicyclic) bond motifs is 1. The van der Waals surface area contributed by atoms with Crippen LogP contribution in [0.15, 0.2) is 18.2 Å². The molecule has 1 aliphatic rings. The molecule has 3 nitrogen and oxygen atoms in total. The fourth-order valence-corrected chi connectivity index (χ4v) is 1.16. The molecule has 0 radical (unpaired) electrons. The Balaban J connectivity index is 0.000000461. The van der Waals surface area contributed by atoms with Gasteiger partial charge < -0.3 is 14.4 Å². The highest BCUT2D eigenvalue weighted by Gasteiger charge is 2.13. The van der Waals surface area contributed by atoms with Crippen molar-refractivity contribution in [2.24, 2.45) is 0 Å². The van der Waals surface area contributed by atoms with Gasteiger partial charge in [0.15, 0.2) is 11.5 Å². The van der Waals surface area contributed by atoms with Gasteiger partial charge in [-0.1, -0.05) is 13.8 Å². The Morgan fingerprint density at radius 3 is 2.36 bits per heavy atom. The molecule has 0 saturated heterocycles. The molecule has 0 atom stereocenters. The van der Waals surface area contributed by atoms with E-state index >= 15 is 0 Å². The maximum atomic E-state index is 5.24. The number of benzene rings is 1. The first-order chi connectivity index (χ1) is 6.77. The van der Waals surface area contributed by atoms with Crippen molar-refractivity contribution < 1.29 is 9.47 Å². The minimum Gasteiger partial charge on any atom is -0.454 e. The van der Waals surface area contributed by atoms with Gasteiger partial charge in [-0.2, -0.15) is 0 Å². The zero-order valence-electron chi connectivity index (χ0n) is 9.20. The first-order valence-corrected chi connectivity index (χ1v) is 4.84. The van der Waals surface area contributed by atoms with Crippen LogP contribution in [0.25, 0.3) is 0 Å². The summed E-state index contributed by atoms with van der Waals surface area (Å²) in [7, 11) is 4.00. The van der Waals surface area contributed by atoms with Crippen LogP contribution >= 0.6 is 0 Å². The van der Waals surface area contributed by atoms with Gasteiger partial charge in [0.05, 0.1) is 0 Å². The van der Waals surface area contributed by atoms with Gasteiger partial charge in [-0.15, -0.1) is 0 Å². The third-order valence-corrected chi connectivity index (χ3v) is 1.87. The van der Waals surface area contributed by atoms with Gasteiger partial charge in [-0.05, 0) is 12.1 Å². The Hall–Kier alpha value is -1.38. The second-order valence-corrected chi connectivity index (χ2v) is 2.93. The number of nitrogens with zero attached hydrogens (tertiary/aromatic N) is 1. The van der Waals surface area contributed by atoms with Gasteiger partial charge in [0, 0.05) is 25.8 Å². The van der Waals surface area contributed by atoms with Crippen LogP contribution in [-0.4, -0.2) is 20.9 Å². The lowest BCUT2D eigenvalue weighted by molar-refractivity contribution is 0.174. The van der Waals surface area contributed by atoms with Crippen molar-refractivity contribution in [2.45, 2.75) is 13.8 Å². The summed E-state index contributed by atoms with van der Waals surface area (Å²) in [5.41, 5.74) is 1.12. The van der Waals surface area contributed by atoms with E-state index in [0.29, 0.717) is 6.79 Å². The molecule has 1 aliphatic heterocycles. The molecule has 0 aromatic heterocycles. The van der Waals surface area contributed by atoms with Crippen molar-refractivity contribution in [1.29, 1.82) is 0 Å². The lowest BCUT2D eigenvalue weighted by atomic mass is 10.2. The molecule has 0 unspecified atom stereocenters. The van der Waals surface area contributed by atoms with E-state index in [1.54, 1.807) is 0 Å². The largest absolute Gasteiger partial charge is 0.454 e. The summed E-state index contributed by atoms with van der Waals surface area (Å²) in [6.45, 7) is 4.34. The summed E-state index contributed by atoms with van der Waals surface area (Å²) >= 11 is 0. The summed E-state index contributed by atoms with van der Waals surface area (Å²) in [4.78, 5) is 2.03. The molecular formula is C11H17NO2. The number of ether oxygens (including phenoxy) is 2. The van der Waals surface area contributed by atoms with Crippen LogP contribution in [0.1, 0.15) is 13.8 Å². The first-order valence-electron chi connectivity index (χ1n) is 4.84. The first kappa shape index (κ1) is 10.7. The monoisotopic (exact) mass is 195 g/mol. The summed E-state index contributed by atoms with van der Waals surface area (Å²) < 4.78 is 10.4. The zero-order chi connectivity index (χ0) is 10.6. The lowest BCUT2D eigenvalue weighted by Crippen LogP contribution is -2.07. The van der Waals surface area contributed by atoms with Crippen LogP contribution < -0.4 is 14.4 Å². The average molecular weight is 195 g/mol. The number of rotatable bonds is 1. The fraction of sp³-hybridized carbons (Fsp3) is 0.455. The quantitative estimate of drug-likeness (QED) is 0.687. The van der Waals surface area contributed by atoms with Crippen LogP contribution in [0.5, 0.6) is 11.5 Å². The Morgan fingerprint density at radius 1 is 1.07 bits per heavy atom. The van der Waals surface area contributed by atoms with Crippen LogP contribution in [-0.2, 0) is 0 Å². The van der Waals surface area contributed by atoms with Crippen LogP contribution in [0.4, 0.5) is 5.69 Å². The van der Waals surface area contributed by atoms with E-state index in [2.05, 4.69) is 0 Å². The smallest absolute Gasteiger partial charge is 0.231 e. The Bertz CT molecular complexity index is 297. The van der Waals surface area contributed by atoms with E-state index in [-0.39, 0.29) is 0 Å². The molecule has 78 valence electrons. The second kappa shape index (κ2) is 4.74. The molecular weight excluding hydrogens is 178 g/mol. The van der Waals surface area contributed by atoms with Crippen molar-refractivity contribution in [1.82, 2.24) is 0 Å². The van der Waals surface area contributed by atoms with Gasteiger partial charge in [-0.25, -0.2) is 0 Å². The molecule has 0 amide bonds. The van der Waals surface area contributed by atoms with E-state index in [4.69, 9.17) is 9.47 Å². The maximum absolute atomic E-state index is 5.24. The highest BCUT2D eigenvalue weighted by molar-refractivity contribution is 5.56. The van der Waals surface area contributed by atoms with Crippen LogP contribution in [0, 0.1) is 0 Å². The predicted molar refractivity (Wildman–Crippen MR) is 58.2 cm³/mol. The zero-order valence-corrected chi connectivity index (χ0v) is 9.20. The van der Waals surface area contributed by atoms with Gasteiger partial charge >= 0.3 is 0 Å². The van der Waals surface area contributed by atoms with Crippen LogP contribution in [0.2, 0.25) is 0 Å². The number of hydrogen-bond acceptors (Lipinski definition) is 3. The normalized spacial score (nSPS) is 11.7. The van der Waals surface area contributed by atoms with Crippen molar-refractivity contribution in [2.75, 3.05) is 25.8 Å². The van der Waals surface area contributed by atoms with Crippen LogP contribution in [0.3, 0.4) is 0 Å². The molecule has 1 aromatic rings. The topological polar surface area (TPSA) is 21.7 Å². The van der Waals surface area contributed by atoms with Crippen molar-refractivity contribution >= 4 is 5.69 Å². The van der Waals surface area contributed by atoms with E-state index in [1.807, 2.05) is 51.0 Å². The molecule has 0 saturated carbocycles. The molecule has 3 heteroatoms. The molecule has 2 rings (SSSR count). The summed E-state index contributed by atoms with van der Waals surface area (Å²) in [5, 5.41) is 0. The Kier molecular flexibility index (Phi) is 3.63. The van der Waals surface area contributed by atoms with E-state index in [9.17, 15) is 0 Å². The highest BCUT2D eigenvalue weighted by Crippen LogP contribution is 2.34.